The van der Waals surface area contributed by atoms with Gasteiger partial charge in [0.2, 0.25) is 0 Å². The summed E-state index contributed by atoms with van der Waals surface area (Å²) in [6, 6.07) is 20.4. The first-order valence-corrected chi connectivity index (χ1v) is 12.7. The number of aliphatic carboxylic acids is 1. The van der Waals surface area contributed by atoms with E-state index in [4.69, 9.17) is 11.6 Å². The van der Waals surface area contributed by atoms with Crippen molar-refractivity contribution < 1.29 is 19.5 Å². The molecule has 38 heavy (non-hydrogen) atoms. The van der Waals surface area contributed by atoms with Crippen LogP contribution in [0.2, 0.25) is 5.15 Å². The number of nitrogens with one attached hydrogen (secondary N) is 1. The normalized spacial score (nSPS) is 15.0. The van der Waals surface area contributed by atoms with Gasteiger partial charge < -0.3 is 20.1 Å². The van der Waals surface area contributed by atoms with E-state index in [9.17, 15) is 19.5 Å². The van der Waals surface area contributed by atoms with Crippen molar-refractivity contribution >= 4 is 52.0 Å². The minimum absolute atomic E-state index is 0.0724. The number of aromatic nitrogens is 2. The lowest BCUT2D eigenvalue weighted by Crippen LogP contribution is -2.32. The number of hydrogen-bond acceptors (Lipinski definition) is 6. The SMILES string of the molecule is O=C[C@@H]1CCCN1c1nc(Cc2ccc(NC(=O)c3ccc4ccccc4c3)cc2)nc(Cl)c1CC(=O)O. The van der Waals surface area contributed by atoms with Crippen LogP contribution in [0.4, 0.5) is 11.5 Å². The zero-order valence-corrected chi connectivity index (χ0v) is 21.2. The van der Waals surface area contributed by atoms with E-state index in [0.29, 0.717) is 47.8 Å². The number of carboxylic acids is 1. The first kappa shape index (κ1) is 25.4. The Balaban J connectivity index is 1.33. The number of carbonyl (C=O) groups excluding carboxylic acids is 2. The van der Waals surface area contributed by atoms with Crippen LogP contribution in [0, 0.1) is 0 Å². The minimum Gasteiger partial charge on any atom is -0.481 e. The zero-order valence-electron chi connectivity index (χ0n) is 20.4. The van der Waals surface area contributed by atoms with E-state index in [1.165, 1.54) is 0 Å². The summed E-state index contributed by atoms with van der Waals surface area (Å²) in [6.45, 7) is 0.592. The first-order valence-electron chi connectivity index (χ1n) is 12.3. The molecule has 5 rings (SSSR count). The van der Waals surface area contributed by atoms with Crippen molar-refractivity contribution in [3.05, 3.63) is 94.4 Å². The third-order valence-corrected chi connectivity index (χ3v) is 6.94. The quantitative estimate of drug-likeness (QED) is 0.246. The molecule has 0 unspecified atom stereocenters. The molecule has 2 N–H and O–H groups in total. The molecule has 1 atom stereocenters. The van der Waals surface area contributed by atoms with Gasteiger partial charge in [-0.25, -0.2) is 9.97 Å². The third kappa shape index (κ3) is 5.50. The second-order valence-corrected chi connectivity index (χ2v) is 9.59. The summed E-state index contributed by atoms with van der Waals surface area (Å²) in [6.07, 6.45) is 2.36. The number of carbonyl (C=O) groups is 3. The van der Waals surface area contributed by atoms with E-state index < -0.39 is 5.97 Å². The molecule has 1 aliphatic heterocycles. The standard InChI is InChI=1S/C29H25ClN4O4/c30-27-24(16-26(36)37)28(34-13-3-6-23(34)17-35)33-25(32-27)14-18-7-11-22(12-8-18)31-29(38)21-10-9-19-4-1-2-5-20(19)15-21/h1-2,4-5,7-12,15,17,23H,3,6,13-14,16H2,(H,31,38)(H,36,37)/t23-/m0/s1. The van der Waals surface area contributed by atoms with E-state index in [0.717, 1.165) is 29.0 Å². The Morgan fingerprint density at radius 1 is 1.05 bits per heavy atom. The van der Waals surface area contributed by atoms with Crippen LogP contribution in [-0.2, 0) is 22.4 Å². The molecule has 0 saturated carbocycles. The van der Waals surface area contributed by atoms with Crippen LogP contribution in [0.25, 0.3) is 10.8 Å². The largest absolute Gasteiger partial charge is 0.481 e. The molecule has 0 radical (unpaired) electrons. The lowest BCUT2D eigenvalue weighted by Gasteiger charge is -2.24. The summed E-state index contributed by atoms with van der Waals surface area (Å²) in [4.78, 5) is 46.6. The maximum atomic E-state index is 12.8. The van der Waals surface area contributed by atoms with Crippen molar-refractivity contribution in [2.24, 2.45) is 0 Å². The molecule has 8 nitrogen and oxygen atoms in total. The highest BCUT2D eigenvalue weighted by atomic mass is 35.5. The van der Waals surface area contributed by atoms with Crippen LogP contribution in [0.1, 0.15) is 40.2 Å². The Labute approximate surface area is 224 Å². The summed E-state index contributed by atoms with van der Waals surface area (Å²) in [7, 11) is 0. The van der Waals surface area contributed by atoms with Crippen molar-refractivity contribution in [3.8, 4) is 0 Å². The fraction of sp³-hybridized carbons (Fsp3) is 0.207. The topological polar surface area (TPSA) is 112 Å². The Hall–Kier alpha value is -4.30. The van der Waals surface area contributed by atoms with Crippen LogP contribution in [0.5, 0.6) is 0 Å². The van der Waals surface area contributed by atoms with Crippen LogP contribution in [0.15, 0.2) is 66.7 Å². The van der Waals surface area contributed by atoms with Gasteiger partial charge in [-0.15, -0.1) is 0 Å². The van der Waals surface area contributed by atoms with E-state index in [2.05, 4.69) is 15.3 Å². The molecular weight excluding hydrogens is 504 g/mol. The van der Waals surface area contributed by atoms with Gasteiger partial charge in [-0.2, -0.15) is 0 Å². The summed E-state index contributed by atoms with van der Waals surface area (Å²) in [5.41, 5.74) is 2.41. The number of aldehydes is 1. The van der Waals surface area contributed by atoms with E-state index in [1.54, 1.807) is 18.2 Å². The monoisotopic (exact) mass is 528 g/mol. The number of amides is 1. The highest BCUT2D eigenvalue weighted by Crippen LogP contribution is 2.31. The summed E-state index contributed by atoms with van der Waals surface area (Å²) < 4.78 is 0. The maximum Gasteiger partial charge on any atom is 0.308 e. The van der Waals surface area contributed by atoms with Crippen molar-refractivity contribution in [3.63, 3.8) is 0 Å². The van der Waals surface area contributed by atoms with Gasteiger partial charge in [-0.1, -0.05) is 54.1 Å². The first-order chi connectivity index (χ1) is 18.4. The molecule has 2 heterocycles. The molecule has 192 valence electrons. The van der Waals surface area contributed by atoms with Crippen LogP contribution in [0.3, 0.4) is 0 Å². The Morgan fingerprint density at radius 2 is 1.82 bits per heavy atom. The number of halogens is 1. The molecule has 1 saturated heterocycles. The number of fused-ring (bicyclic) bond motifs is 1. The van der Waals surface area contributed by atoms with E-state index in [-0.39, 0.29) is 23.5 Å². The molecule has 0 bridgehead atoms. The van der Waals surface area contributed by atoms with Gasteiger partial charge in [0.15, 0.2) is 0 Å². The van der Waals surface area contributed by atoms with Gasteiger partial charge in [-0.3, -0.25) is 9.59 Å². The molecular formula is C29H25ClN4O4. The fourth-order valence-electron chi connectivity index (χ4n) is 4.73. The molecule has 9 heteroatoms. The predicted octanol–water partition coefficient (Wildman–Crippen LogP) is 4.92. The molecule has 0 spiro atoms. The van der Waals surface area contributed by atoms with Crippen LogP contribution >= 0.6 is 11.6 Å². The van der Waals surface area contributed by atoms with Crippen molar-refractivity contribution in [1.82, 2.24) is 9.97 Å². The van der Waals surface area contributed by atoms with Gasteiger partial charge >= 0.3 is 5.97 Å². The smallest absolute Gasteiger partial charge is 0.308 e. The second-order valence-electron chi connectivity index (χ2n) is 9.23. The Morgan fingerprint density at radius 3 is 2.55 bits per heavy atom. The minimum atomic E-state index is -1.05. The Kier molecular flexibility index (Phi) is 7.33. The van der Waals surface area contributed by atoms with Crippen molar-refractivity contribution in [2.75, 3.05) is 16.8 Å². The molecule has 1 aliphatic rings. The van der Waals surface area contributed by atoms with E-state index in [1.807, 2.05) is 53.4 Å². The zero-order chi connectivity index (χ0) is 26.6. The molecule has 1 fully saturated rings. The molecule has 4 aromatic rings. The van der Waals surface area contributed by atoms with Gasteiger partial charge in [0.25, 0.3) is 5.91 Å². The lowest BCUT2D eigenvalue weighted by molar-refractivity contribution is -0.136. The molecule has 3 aromatic carbocycles. The van der Waals surface area contributed by atoms with E-state index >= 15 is 0 Å². The van der Waals surface area contributed by atoms with Crippen molar-refractivity contribution in [1.29, 1.82) is 0 Å². The van der Waals surface area contributed by atoms with Gasteiger partial charge in [0.1, 0.15) is 23.1 Å². The van der Waals surface area contributed by atoms with Gasteiger partial charge in [0, 0.05) is 29.8 Å². The van der Waals surface area contributed by atoms with Gasteiger partial charge in [0.05, 0.1) is 12.5 Å². The highest BCUT2D eigenvalue weighted by molar-refractivity contribution is 6.30. The summed E-state index contributed by atoms with van der Waals surface area (Å²) in [5.74, 6) is -0.430. The molecule has 1 amide bonds. The average molecular weight is 529 g/mol. The highest BCUT2D eigenvalue weighted by Gasteiger charge is 2.29. The number of nitrogens with zero attached hydrogens (tertiary/aromatic N) is 3. The predicted molar refractivity (Wildman–Crippen MR) is 146 cm³/mol. The number of rotatable bonds is 8. The van der Waals surface area contributed by atoms with Crippen LogP contribution in [-0.4, -0.2) is 45.8 Å². The van der Waals surface area contributed by atoms with Crippen molar-refractivity contribution in [2.45, 2.75) is 31.7 Å². The third-order valence-electron chi connectivity index (χ3n) is 6.62. The van der Waals surface area contributed by atoms with Gasteiger partial charge in [-0.05, 0) is 53.4 Å². The summed E-state index contributed by atoms with van der Waals surface area (Å²) in [5, 5.41) is 14.4. The molecule has 1 aromatic heterocycles. The molecule has 0 aliphatic carbocycles. The average Bonchev–Trinajstić information content (AvgIpc) is 3.39. The lowest BCUT2D eigenvalue weighted by atomic mass is 10.1. The number of carboxylic acid groups (broad SMARTS) is 1. The Bertz CT molecular complexity index is 1520. The fourth-order valence-corrected chi connectivity index (χ4v) is 4.98. The van der Waals surface area contributed by atoms with Crippen LogP contribution < -0.4 is 10.2 Å². The maximum absolute atomic E-state index is 12.8. The number of hydrogen-bond donors (Lipinski definition) is 2. The second kappa shape index (κ2) is 11.0. The summed E-state index contributed by atoms with van der Waals surface area (Å²) >= 11 is 6.41. The number of benzene rings is 3. The number of anilines is 2.